The largest absolute Gasteiger partial charge is 0.461 e. The van der Waals surface area contributed by atoms with Gasteiger partial charge in [-0.05, 0) is 36.2 Å². The predicted octanol–water partition coefficient (Wildman–Crippen LogP) is 3.80. The first-order chi connectivity index (χ1) is 13.5. The summed E-state index contributed by atoms with van der Waals surface area (Å²) < 4.78 is 5.88. The Morgan fingerprint density at radius 2 is 2.07 bits per heavy atom. The van der Waals surface area contributed by atoms with Crippen LogP contribution < -0.4 is 0 Å². The summed E-state index contributed by atoms with van der Waals surface area (Å²) in [5.41, 5.74) is 2.96. The third-order valence-electron chi connectivity index (χ3n) is 7.20. The number of ether oxygens (including phenoxy) is 1. The zero-order valence-electron chi connectivity index (χ0n) is 17.1. The average Bonchev–Trinajstić information content (AvgIpc) is 2.95. The van der Waals surface area contributed by atoms with Gasteiger partial charge in [0.2, 0.25) is 0 Å². The zero-order chi connectivity index (χ0) is 19.7. The Hall–Kier alpha value is -1.65. The van der Waals surface area contributed by atoms with Crippen LogP contribution in [-0.2, 0) is 16.1 Å². The highest BCUT2D eigenvalue weighted by molar-refractivity contribution is 5.76. The quantitative estimate of drug-likeness (QED) is 0.600. The number of aliphatic hydroxyl groups excluding tert-OH is 1. The number of fused-ring (bicyclic) bond motifs is 2. The molecule has 4 heteroatoms. The number of hydrogen-bond acceptors (Lipinski definition) is 4. The second-order valence-corrected chi connectivity index (χ2v) is 9.28. The van der Waals surface area contributed by atoms with E-state index in [1.807, 2.05) is 18.2 Å². The fourth-order valence-electron chi connectivity index (χ4n) is 5.75. The fraction of sp³-hybridized carbons (Fsp3) is 0.625. The summed E-state index contributed by atoms with van der Waals surface area (Å²) in [5.74, 6) is 0.589. The first-order valence-corrected chi connectivity index (χ1v) is 10.8. The lowest BCUT2D eigenvalue weighted by Crippen LogP contribution is -2.41. The molecule has 4 rings (SSSR count). The summed E-state index contributed by atoms with van der Waals surface area (Å²) in [6.07, 6.45) is 7.12. The van der Waals surface area contributed by atoms with Gasteiger partial charge in [-0.3, -0.25) is 9.69 Å². The number of aliphatic hydroxyl groups is 1. The van der Waals surface area contributed by atoms with Crippen molar-refractivity contribution in [2.45, 2.75) is 52.2 Å². The number of esters is 1. The number of carbonyl (C=O) groups is 1. The second kappa shape index (κ2) is 8.00. The molecule has 3 aliphatic rings. The van der Waals surface area contributed by atoms with Crippen molar-refractivity contribution in [3.05, 3.63) is 47.5 Å². The molecule has 1 saturated carbocycles. The van der Waals surface area contributed by atoms with Gasteiger partial charge in [0.25, 0.3) is 0 Å². The molecule has 0 aromatic heterocycles. The number of allylic oxidation sites excluding steroid dienone is 1. The lowest BCUT2D eigenvalue weighted by molar-refractivity contribution is -0.145. The Morgan fingerprint density at radius 1 is 1.29 bits per heavy atom. The topological polar surface area (TPSA) is 49.8 Å². The van der Waals surface area contributed by atoms with Crippen molar-refractivity contribution in [3.63, 3.8) is 0 Å². The molecule has 1 aromatic rings. The van der Waals surface area contributed by atoms with Crippen LogP contribution in [0.3, 0.4) is 0 Å². The van der Waals surface area contributed by atoms with Crippen LogP contribution in [0.25, 0.3) is 0 Å². The highest BCUT2D eigenvalue weighted by Crippen LogP contribution is 2.54. The van der Waals surface area contributed by atoms with E-state index in [1.165, 1.54) is 24.8 Å². The maximum atomic E-state index is 12.8. The van der Waals surface area contributed by atoms with Gasteiger partial charge in [0.15, 0.2) is 0 Å². The number of benzene rings is 1. The molecule has 5 atom stereocenters. The standard InChI is InChI=1S/C24H33NO3/c1-17-7-6-10-24(2)14-22-19(13-21(17)24)20(23(27)28-22)16-25(11-12-26)15-18-8-4-3-5-9-18/h3-5,8-9,13,17,19-20,22,26H,6-7,10-12,14-16H2,1-2H3/t17-,19-,20+,22-,24-/m1/s1. The molecule has 2 fully saturated rings. The van der Waals surface area contributed by atoms with Gasteiger partial charge < -0.3 is 9.84 Å². The maximum Gasteiger partial charge on any atom is 0.311 e. The minimum atomic E-state index is -0.133. The molecule has 1 heterocycles. The van der Waals surface area contributed by atoms with E-state index in [-0.39, 0.29) is 35.9 Å². The van der Waals surface area contributed by atoms with Gasteiger partial charge in [0, 0.05) is 25.6 Å². The van der Waals surface area contributed by atoms with Crippen molar-refractivity contribution in [1.82, 2.24) is 4.90 Å². The zero-order valence-corrected chi connectivity index (χ0v) is 17.1. The molecular weight excluding hydrogens is 350 g/mol. The highest BCUT2D eigenvalue weighted by atomic mass is 16.6. The molecule has 1 aliphatic heterocycles. The van der Waals surface area contributed by atoms with E-state index in [9.17, 15) is 9.90 Å². The van der Waals surface area contributed by atoms with Crippen molar-refractivity contribution >= 4 is 5.97 Å². The first kappa shape index (κ1) is 19.7. The van der Waals surface area contributed by atoms with Gasteiger partial charge in [-0.1, -0.05) is 62.2 Å². The summed E-state index contributed by atoms with van der Waals surface area (Å²) in [6, 6.07) is 10.3. The molecule has 0 radical (unpaired) electrons. The number of carbonyl (C=O) groups excluding carboxylic acids is 1. The van der Waals surface area contributed by atoms with E-state index in [1.54, 1.807) is 5.57 Å². The van der Waals surface area contributed by atoms with Gasteiger partial charge in [-0.15, -0.1) is 0 Å². The molecule has 1 aromatic carbocycles. The lowest BCUT2D eigenvalue weighted by Gasteiger charge is -2.46. The smallest absolute Gasteiger partial charge is 0.311 e. The van der Waals surface area contributed by atoms with Gasteiger partial charge >= 0.3 is 5.97 Å². The summed E-state index contributed by atoms with van der Waals surface area (Å²) in [5, 5.41) is 9.54. The van der Waals surface area contributed by atoms with Crippen molar-refractivity contribution in [3.8, 4) is 0 Å². The molecule has 1 saturated heterocycles. The fourth-order valence-corrected chi connectivity index (χ4v) is 5.75. The predicted molar refractivity (Wildman–Crippen MR) is 109 cm³/mol. The Labute approximate surface area is 168 Å². The Balaban J connectivity index is 1.54. The van der Waals surface area contributed by atoms with Crippen LogP contribution in [0.15, 0.2) is 42.0 Å². The van der Waals surface area contributed by atoms with E-state index in [2.05, 4.69) is 37.0 Å². The van der Waals surface area contributed by atoms with E-state index in [4.69, 9.17) is 4.74 Å². The van der Waals surface area contributed by atoms with Gasteiger partial charge in [0.1, 0.15) is 6.10 Å². The average molecular weight is 384 g/mol. The van der Waals surface area contributed by atoms with E-state index in [0.717, 1.165) is 13.0 Å². The summed E-state index contributed by atoms with van der Waals surface area (Å²) in [7, 11) is 0. The van der Waals surface area contributed by atoms with E-state index in [0.29, 0.717) is 19.0 Å². The third-order valence-corrected chi connectivity index (χ3v) is 7.20. The van der Waals surface area contributed by atoms with E-state index < -0.39 is 0 Å². The number of hydrogen-bond donors (Lipinski definition) is 1. The van der Waals surface area contributed by atoms with Crippen LogP contribution in [0.2, 0.25) is 0 Å². The normalized spacial score (nSPS) is 34.6. The molecule has 28 heavy (non-hydrogen) atoms. The van der Waals surface area contributed by atoms with Crippen LogP contribution in [0.4, 0.5) is 0 Å². The summed E-state index contributed by atoms with van der Waals surface area (Å²) in [4.78, 5) is 15.0. The van der Waals surface area contributed by atoms with Crippen LogP contribution in [0.1, 0.15) is 45.1 Å². The van der Waals surface area contributed by atoms with Gasteiger partial charge in [-0.25, -0.2) is 0 Å². The molecule has 152 valence electrons. The summed E-state index contributed by atoms with van der Waals surface area (Å²) in [6.45, 7) is 6.75. The minimum Gasteiger partial charge on any atom is -0.461 e. The minimum absolute atomic E-state index is 0.0178. The van der Waals surface area contributed by atoms with Gasteiger partial charge in [-0.2, -0.15) is 0 Å². The Morgan fingerprint density at radius 3 is 2.82 bits per heavy atom. The molecule has 4 nitrogen and oxygen atoms in total. The lowest BCUT2D eigenvalue weighted by atomic mass is 9.59. The molecular formula is C24H33NO3. The maximum absolute atomic E-state index is 12.8. The Kier molecular flexibility index (Phi) is 5.62. The third kappa shape index (κ3) is 3.77. The van der Waals surface area contributed by atoms with E-state index >= 15 is 0 Å². The van der Waals surface area contributed by atoms with Gasteiger partial charge in [0.05, 0.1) is 12.5 Å². The monoisotopic (exact) mass is 383 g/mol. The van der Waals surface area contributed by atoms with Crippen molar-refractivity contribution in [1.29, 1.82) is 0 Å². The second-order valence-electron chi connectivity index (χ2n) is 9.28. The number of nitrogens with zero attached hydrogens (tertiary/aromatic N) is 1. The van der Waals surface area contributed by atoms with Crippen LogP contribution in [0.5, 0.6) is 0 Å². The molecule has 0 spiro atoms. The SMILES string of the molecule is C[C@@H]1CCC[C@]2(C)C[C@H]3OC(=O)[C@@H](CN(CCO)Cc4ccccc4)[C@H]3C=C12. The molecule has 2 aliphatic carbocycles. The highest BCUT2D eigenvalue weighted by Gasteiger charge is 2.51. The Bertz CT molecular complexity index is 731. The van der Waals surface area contributed by atoms with Crippen molar-refractivity contribution < 1.29 is 14.6 Å². The molecule has 0 bridgehead atoms. The van der Waals surface area contributed by atoms with Crippen molar-refractivity contribution in [2.24, 2.45) is 23.2 Å². The first-order valence-electron chi connectivity index (χ1n) is 10.8. The molecule has 1 N–H and O–H groups in total. The van der Waals surface area contributed by atoms with Crippen LogP contribution in [0, 0.1) is 23.2 Å². The number of rotatable bonds is 6. The molecule has 0 unspecified atom stereocenters. The van der Waals surface area contributed by atoms with Crippen LogP contribution in [-0.4, -0.2) is 41.8 Å². The van der Waals surface area contributed by atoms with Crippen LogP contribution >= 0.6 is 0 Å². The molecule has 0 amide bonds. The summed E-state index contributed by atoms with van der Waals surface area (Å²) >= 11 is 0. The van der Waals surface area contributed by atoms with Crippen molar-refractivity contribution in [2.75, 3.05) is 19.7 Å².